The van der Waals surface area contributed by atoms with E-state index in [0.717, 1.165) is 22.9 Å². The van der Waals surface area contributed by atoms with Crippen molar-refractivity contribution in [3.8, 4) is 17.0 Å². The van der Waals surface area contributed by atoms with Gasteiger partial charge in [0.05, 0.1) is 36.4 Å². The second kappa shape index (κ2) is 13.8. The lowest BCUT2D eigenvalue weighted by atomic mass is 10.1. The molecule has 3 heterocycles. The minimum absolute atomic E-state index is 0.0476. The second-order valence-electron chi connectivity index (χ2n) is 11.2. The van der Waals surface area contributed by atoms with Gasteiger partial charge in [0.2, 0.25) is 15.0 Å². The highest BCUT2D eigenvalue weighted by Crippen LogP contribution is 2.29. The van der Waals surface area contributed by atoms with Crippen LogP contribution in [0.4, 0.5) is 14.5 Å². The Bertz CT molecular complexity index is 2070. The molecular formula is C35H32F2N4O5S. The highest BCUT2D eigenvalue weighted by atomic mass is 32.2. The number of anilines is 1. The lowest BCUT2D eigenvalue weighted by Gasteiger charge is -2.20. The van der Waals surface area contributed by atoms with Crippen LogP contribution in [0.1, 0.15) is 34.9 Å². The lowest BCUT2D eigenvalue weighted by molar-refractivity contribution is 0.0361. The maximum Gasteiger partial charge on any atom is 0.286 e. The zero-order valence-electron chi connectivity index (χ0n) is 25.5. The van der Waals surface area contributed by atoms with Gasteiger partial charge in [0.25, 0.3) is 5.56 Å². The van der Waals surface area contributed by atoms with Crippen molar-refractivity contribution in [2.75, 3.05) is 24.2 Å². The molecule has 47 heavy (non-hydrogen) atoms. The van der Waals surface area contributed by atoms with E-state index in [0.29, 0.717) is 30.2 Å². The third-order valence-corrected chi connectivity index (χ3v) is 9.25. The molecule has 12 heteroatoms. The number of sulfone groups is 1. The molecule has 0 bridgehead atoms. The highest BCUT2D eigenvalue weighted by molar-refractivity contribution is 7.91. The molecule has 9 nitrogen and oxygen atoms in total. The first-order valence-electron chi connectivity index (χ1n) is 15.0. The van der Waals surface area contributed by atoms with Crippen molar-refractivity contribution in [1.82, 2.24) is 14.5 Å². The molecule has 0 saturated heterocycles. The Morgan fingerprint density at radius 2 is 1.77 bits per heavy atom. The van der Waals surface area contributed by atoms with Crippen LogP contribution in [0.25, 0.3) is 11.3 Å². The molecular weight excluding hydrogens is 626 g/mol. The number of hydrogen-bond donors (Lipinski definition) is 1. The first-order valence-corrected chi connectivity index (χ1v) is 16.7. The van der Waals surface area contributed by atoms with Gasteiger partial charge < -0.3 is 19.4 Å². The Kier molecular flexibility index (Phi) is 9.41. The molecule has 1 unspecified atom stereocenters. The Morgan fingerprint density at radius 3 is 2.57 bits per heavy atom. The van der Waals surface area contributed by atoms with Gasteiger partial charge in [-0.1, -0.05) is 54.6 Å². The molecule has 242 valence electrons. The number of aryl methyl sites for hydroxylation is 1. The summed E-state index contributed by atoms with van der Waals surface area (Å²) in [6.45, 7) is 2.82. The number of rotatable bonds is 11. The first-order chi connectivity index (χ1) is 22.7. The quantitative estimate of drug-likeness (QED) is 0.176. The Hall–Kier alpha value is -4.94. The maximum atomic E-state index is 15.0. The van der Waals surface area contributed by atoms with Gasteiger partial charge in [-0.05, 0) is 54.8 Å². The van der Waals surface area contributed by atoms with E-state index in [1.54, 1.807) is 31.2 Å². The van der Waals surface area contributed by atoms with Crippen LogP contribution in [0.2, 0.25) is 0 Å². The van der Waals surface area contributed by atoms with Gasteiger partial charge in [-0.3, -0.25) is 4.79 Å². The molecule has 0 radical (unpaired) electrons. The summed E-state index contributed by atoms with van der Waals surface area (Å²) in [7, 11) is -4.05. The molecule has 3 aromatic carbocycles. The van der Waals surface area contributed by atoms with E-state index < -0.39 is 38.3 Å². The molecule has 0 spiro atoms. The van der Waals surface area contributed by atoms with Gasteiger partial charge >= 0.3 is 0 Å². The van der Waals surface area contributed by atoms with Gasteiger partial charge in [-0.2, -0.15) is 0 Å². The zero-order chi connectivity index (χ0) is 33.0. The molecule has 0 saturated carbocycles. The predicted octanol–water partition coefficient (Wildman–Crippen LogP) is 5.87. The Labute approximate surface area is 270 Å². The van der Waals surface area contributed by atoms with E-state index in [-0.39, 0.29) is 36.6 Å². The fraction of sp³-hybridized carbons (Fsp3) is 0.229. The molecule has 1 aliphatic heterocycles. The van der Waals surface area contributed by atoms with E-state index in [1.165, 1.54) is 22.9 Å². The summed E-state index contributed by atoms with van der Waals surface area (Å²) in [6.07, 6.45) is 0.842. The fourth-order valence-electron chi connectivity index (χ4n) is 5.33. The fourth-order valence-corrected chi connectivity index (χ4v) is 6.56. The summed E-state index contributed by atoms with van der Waals surface area (Å²) in [4.78, 5) is 21.2. The minimum atomic E-state index is -4.05. The van der Waals surface area contributed by atoms with Crippen LogP contribution in [-0.4, -0.2) is 41.9 Å². The topological polar surface area (TPSA) is 112 Å². The van der Waals surface area contributed by atoms with Crippen molar-refractivity contribution in [1.29, 1.82) is 0 Å². The number of halogens is 2. The Morgan fingerprint density at radius 1 is 0.979 bits per heavy atom. The predicted molar refractivity (Wildman–Crippen MR) is 173 cm³/mol. The molecule has 6 rings (SSSR count). The van der Waals surface area contributed by atoms with Crippen molar-refractivity contribution in [3.05, 3.63) is 135 Å². The maximum absolute atomic E-state index is 15.0. The van der Waals surface area contributed by atoms with Gasteiger partial charge in [-0.15, -0.1) is 0 Å². The average molecular weight is 659 g/mol. The van der Waals surface area contributed by atoms with Crippen molar-refractivity contribution in [3.63, 3.8) is 0 Å². The molecule has 0 fully saturated rings. The molecule has 0 aliphatic carbocycles. The summed E-state index contributed by atoms with van der Waals surface area (Å²) in [6, 6.07) is 23.4. The number of aromatic nitrogens is 3. The number of fused-ring (bicyclic) bond motifs is 1. The normalized spacial score (nSPS) is 13.3. The lowest BCUT2D eigenvalue weighted by Crippen LogP contribution is -2.24. The minimum Gasteiger partial charge on any atom is -0.490 e. The van der Waals surface area contributed by atoms with Crippen molar-refractivity contribution in [2.45, 2.75) is 37.8 Å². The molecule has 1 aliphatic rings. The van der Waals surface area contributed by atoms with Gasteiger partial charge in [0.15, 0.2) is 5.82 Å². The molecule has 1 atom stereocenters. The van der Waals surface area contributed by atoms with Gasteiger partial charge in [0.1, 0.15) is 18.2 Å². The van der Waals surface area contributed by atoms with Crippen LogP contribution in [0, 0.1) is 18.6 Å². The SMILES string of the molecule is Cc1cc(-c2cc(F)c(=O)n(Cc3ccc4c(c3)OCCN4)c2)nc(S(=O)(=O)CCC(OCc2ccccc2F)c2ccccc2)n1. The van der Waals surface area contributed by atoms with Gasteiger partial charge in [0, 0.05) is 29.6 Å². The first kappa shape index (κ1) is 32.0. The van der Waals surface area contributed by atoms with Crippen molar-refractivity contribution in [2.24, 2.45) is 0 Å². The summed E-state index contributed by atoms with van der Waals surface area (Å²) in [5, 5.41) is 2.80. The summed E-state index contributed by atoms with van der Waals surface area (Å²) in [5.74, 6) is -1.14. The number of nitrogens with zero attached hydrogens (tertiary/aromatic N) is 3. The van der Waals surface area contributed by atoms with E-state index in [9.17, 15) is 22.0 Å². The smallest absolute Gasteiger partial charge is 0.286 e. The van der Waals surface area contributed by atoms with Crippen LogP contribution >= 0.6 is 0 Å². The molecule has 2 aromatic heterocycles. The van der Waals surface area contributed by atoms with Gasteiger partial charge in [-0.25, -0.2) is 27.2 Å². The number of nitrogens with one attached hydrogen (secondary N) is 1. The third-order valence-electron chi connectivity index (χ3n) is 7.74. The van der Waals surface area contributed by atoms with E-state index in [2.05, 4.69) is 15.3 Å². The zero-order valence-corrected chi connectivity index (χ0v) is 26.3. The van der Waals surface area contributed by atoms with Crippen molar-refractivity contribution < 1.29 is 26.7 Å². The number of pyridine rings is 1. The van der Waals surface area contributed by atoms with Crippen LogP contribution in [0.3, 0.4) is 0 Å². The average Bonchev–Trinajstić information content (AvgIpc) is 3.07. The van der Waals surface area contributed by atoms with Crippen LogP contribution in [0.15, 0.2) is 101 Å². The standard InChI is InChI=1S/C35H32F2N4O5S/c1-23-17-31(27-19-29(37)34(42)41(21-27)20-24-11-12-30-33(18-24)45-15-14-38-30)40-35(39-23)47(43,44)16-13-32(25-7-3-2-4-8-25)46-22-26-9-5-6-10-28(26)36/h2-12,17-19,21,32,38H,13-16,20,22H2,1H3. The molecule has 0 amide bonds. The highest BCUT2D eigenvalue weighted by Gasteiger charge is 2.24. The molecule has 1 N–H and O–H groups in total. The molecule has 5 aromatic rings. The van der Waals surface area contributed by atoms with Crippen LogP contribution < -0.4 is 15.6 Å². The number of ether oxygens (including phenoxy) is 2. The summed E-state index contributed by atoms with van der Waals surface area (Å²) < 4.78 is 69.3. The van der Waals surface area contributed by atoms with Crippen molar-refractivity contribution >= 4 is 15.5 Å². The largest absolute Gasteiger partial charge is 0.490 e. The summed E-state index contributed by atoms with van der Waals surface area (Å²) in [5.41, 5.74) is 2.54. The van der Waals surface area contributed by atoms with Crippen LogP contribution in [-0.2, 0) is 27.7 Å². The monoisotopic (exact) mass is 658 g/mol. The van der Waals surface area contributed by atoms with Crippen LogP contribution in [0.5, 0.6) is 5.75 Å². The van der Waals surface area contributed by atoms with E-state index in [1.807, 2.05) is 42.5 Å². The number of hydrogen-bond acceptors (Lipinski definition) is 8. The summed E-state index contributed by atoms with van der Waals surface area (Å²) >= 11 is 0. The van der Waals surface area contributed by atoms with E-state index in [4.69, 9.17) is 9.47 Å². The second-order valence-corrected chi connectivity index (χ2v) is 13.2. The Balaban J connectivity index is 1.24. The van der Waals surface area contributed by atoms with E-state index >= 15 is 0 Å². The number of benzene rings is 3. The third kappa shape index (κ3) is 7.55.